The van der Waals surface area contributed by atoms with Crippen LogP contribution in [-0.4, -0.2) is 18.2 Å². The number of nitrogens with one attached hydrogen (secondary N) is 1. The van der Waals surface area contributed by atoms with E-state index in [2.05, 4.69) is 22.8 Å². The average molecular weight is 209 g/mol. The highest BCUT2D eigenvalue weighted by atomic mass is 32.1. The summed E-state index contributed by atoms with van der Waals surface area (Å²) < 4.78 is 5.80. The van der Waals surface area contributed by atoms with Crippen molar-refractivity contribution in [3.63, 3.8) is 0 Å². The molecule has 0 aromatic carbocycles. The molecule has 0 spiro atoms. The molecule has 14 heavy (non-hydrogen) atoms. The van der Waals surface area contributed by atoms with Crippen LogP contribution in [-0.2, 0) is 11.3 Å². The molecule has 2 bridgehead atoms. The summed E-state index contributed by atoms with van der Waals surface area (Å²) in [5.41, 5.74) is 0. The topological polar surface area (TPSA) is 21.3 Å². The van der Waals surface area contributed by atoms with E-state index in [1.165, 1.54) is 24.1 Å². The zero-order valence-electron chi connectivity index (χ0n) is 8.11. The van der Waals surface area contributed by atoms with Crippen LogP contribution in [0.3, 0.4) is 0 Å². The molecule has 2 nitrogen and oxygen atoms in total. The quantitative estimate of drug-likeness (QED) is 0.823. The Morgan fingerprint density at radius 2 is 2.50 bits per heavy atom. The minimum absolute atomic E-state index is 0.500. The van der Waals surface area contributed by atoms with Gasteiger partial charge in [0.2, 0.25) is 0 Å². The zero-order valence-corrected chi connectivity index (χ0v) is 8.93. The highest BCUT2D eigenvalue weighted by molar-refractivity contribution is 7.09. The minimum atomic E-state index is 0.500. The number of hydrogen-bond acceptors (Lipinski definition) is 3. The smallest absolute Gasteiger partial charge is 0.0733 e. The molecular weight excluding hydrogens is 194 g/mol. The van der Waals surface area contributed by atoms with Gasteiger partial charge in [-0.15, -0.1) is 11.3 Å². The summed E-state index contributed by atoms with van der Waals surface area (Å²) in [5.74, 6) is 0. The monoisotopic (exact) mass is 209 g/mol. The second-order valence-electron chi connectivity index (χ2n) is 4.18. The third-order valence-electron chi connectivity index (χ3n) is 3.22. The van der Waals surface area contributed by atoms with Gasteiger partial charge >= 0.3 is 0 Å². The van der Waals surface area contributed by atoms with E-state index in [4.69, 9.17) is 4.74 Å². The SMILES string of the molecule is c1csc(CN[C@H]2CC3CCC2O3)c1. The molecule has 76 valence electrons. The largest absolute Gasteiger partial charge is 0.373 e. The predicted molar refractivity (Wildman–Crippen MR) is 57.5 cm³/mol. The summed E-state index contributed by atoms with van der Waals surface area (Å²) in [6.45, 7) is 1.01. The third kappa shape index (κ3) is 1.60. The lowest BCUT2D eigenvalue weighted by molar-refractivity contribution is 0.0973. The van der Waals surface area contributed by atoms with Crippen molar-refractivity contribution in [2.45, 2.75) is 44.1 Å². The van der Waals surface area contributed by atoms with Crippen molar-refractivity contribution in [3.8, 4) is 0 Å². The van der Waals surface area contributed by atoms with E-state index in [9.17, 15) is 0 Å². The van der Waals surface area contributed by atoms with E-state index in [-0.39, 0.29) is 0 Å². The van der Waals surface area contributed by atoms with Gasteiger partial charge in [0.25, 0.3) is 0 Å². The van der Waals surface area contributed by atoms with Gasteiger partial charge in [0.15, 0.2) is 0 Å². The Kier molecular flexibility index (Phi) is 2.32. The van der Waals surface area contributed by atoms with E-state index in [0.717, 1.165) is 6.54 Å². The van der Waals surface area contributed by atoms with Gasteiger partial charge in [-0.3, -0.25) is 0 Å². The van der Waals surface area contributed by atoms with Crippen LogP contribution in [0.25, 0.3) is 0 Å². The first-order valence-corrected chi connectivity index (χ1v) is 6.21. The average Bonchev–Trinajstić information content (AvgIpc) is 2.91. The van der Waals surface area contributed by atoms with E-state index in [1.54, 1.807) is 0 Å². The van der Waals surface area contributed by atoms with Gasteiger partial charge in [0, 0.05) is 17.5 Å². The lowest BCUT2D eigenvalue weighted by atomic mass is 9.95. The van der Waals surface area contributed by atoms with Crippen LogP contribution in [0.4, 0.5) is 0 Å². The first kappa shape index (κ1) is 8.89. The minimum Gasteiger partial charge on any atom is -0.373 e. The molecule has 0 amide bonds. The standard InChI is InChI=1S/C11H15NOS/c1-2-9(14-5-1)7-12-10-6-8-3-4-11(10)13-8/h1-2,5,8,10-12H,3-4,6-7H2/t8?,10-,11?/m0/s1. The summed E-state index contributed by atoms with van der Waals surface area (Å²) in [6.07, 6.45) is 4.81. The normalized spacial score (nSPS) is 35.3. The van der Waals surface area contributed by atoms with E-state index in [1.807, 2.05) is 11.3 Å². The Bertz CT molecular complexity index is 298. The van der Waals surface area contributed by atoms with E-state index in [0.29, 0.717) is 18.2 Å². The molecule has 2 aliphatic rings. The molecule has 1 N–H and O–H groups in total. The van der Waals surface area contributed by atoms with Crippen molar-refractivity contribution in [2.24, 2.45) is 0 Å². The Hall–Kier alpha value is -0.380. The molecule has 0 radical (unpaired) electrons. The van der Waals surface area contributed by atoms with Crippen LogP contribution in [0.1, 0.15) is 24.1 Å². The summed E-state index contributed by atoms with van der Waals surface area (Å²) in [5, 5.41) is 5.73. The predicted octanol–water partition coefficient (Wildman–Crippen LogP) is 2.16. The second-order valence-corrected chi connectivity index (χ2v) is 5.21. The zero-order chi connectivity index (χ0) is 9.38. The van der Waals surface area contributed by atoms with E-state index < -0.39 is 0 Å². The summed E-state index contributed by atoms with van der Waals surface area (Å²) in [4.78, 5) is 1.42. The number of hydrogen-bond donors (Lipinski definition) is 1. The maximum absolute atomic E-state index is 5.80. The summed E-state index contributed by atoms with van der Waals surface area (Å²) >= 11 is 1.82. The lowest BCUT2D eigenvalue weighted by Gasteiger charge is -2.19. The fourth-order valence-electron chi connectivity index (χ4n) is 2.50. The Labute approximate surface area is 88.3 Å². The highest BCUT2D eigenvalue weighted by Gasteiger charge is 2.40. The van der Waals surface area contributed by atoms with Crippen molar-refractivity contribution < 1.29 is 4.74 Å². The Morgan fingerprint density at radius 1 is 1.50 bits per heavy atom. The van der Waals surface area contributed by atoms with Crippen LogP contribution >= 0.6 is 11.3 Å². The van der Waals surface area contributed by atoms with Gasteiger partial charge in [0.1, 0.15) is 0 Å². The van der Waals surface area contributed by atoms with Crippen molar-refractivity contribution in [3.05, 3.63) is 22.4 Å². The van der Waals surface area contributed by atoms with Crippen LogP contribution in [0.5, 0.6) is 0 Å². The number of ether oxygens (including phenoxy) is 1. The molecular formula is C11H15NOS. The van der Waals surface area contributed by atoms with Crippen molar-refractivity contribution in [1.82, 2.24) is 5.32 Å². The van der Waals surface area contributed by atoms with Crippen molar-refractivity contribution in [1.29, 1.82) is 0 Å². The molecule has 3 heterocycles. The number of thiophene rings is 1. The number of fused-ring (bicyclic) bond motifs is 2. The van der Waals surface area contributed by atoms with Gasteiger partial charge in [-0.05, 0) is 30.7 Å². The van der Waals surface area contributed by atoms with Gasteiger partial charge in [-0.25, -0.2) is 0 Å². The molecule has 3 heteroatoms. The molecule has 1 aromatic heterocycles. The van der Waals surface area contributed by atoms with Gasteiger partial charge < -0.3 is 10.1 Å². The van der Waals surface area contributed by atoms with Crippen LogP contribution in [0, 0.1) is 0 Å². The fourth-order valence-corrected chi connectivity index (χ4v) is 3.15. The lowest BCUT2D eigenvalue weighted by Crippen LogP contribution is -2.36. The maximum Gasteiger partial charge on any atom is 0.0733 e. The molecule has 3 atom stereocenters. The first-order chi connectivity index (χ1) is 6.92. The molecule has 2 aliphatic heterocycles. The van der Waals surface area contributed by atoms with Crippen molar-refractivity contribution in [2.75, 3.05) is 0 Å². The van der Waals surface area contributed by atoms with Crippen LogP contribution < -0.4 is 5.32 Å². The second kappa shape index (κ2) is 3.65. The van der Waals surface area contributed by atoms with Gasteiger partial charge in [-0.2, -0.15) is 0 Å². The van der Waals surface area contributed by atoms with Crippen molar-refractivity contribution >= 4 is 11.3 Å². The van der Waals surface area contributed by atoms with Gasteiger partial charge in [0.05, 0.1) is 12.2 Å². The molecule has 3 rings (SSSR count). The summed E-state index contributed by atoms with van der Waals surface area (Å²) in [7, 11) is 0. The molecule has 0 aliphatic carbocycles. The van der Waals surface area contributed by atoms with Gasteiger partial charge in [-0.1, -0.05) is 6.07 Å². The maximum atomic E-state index is 5.80. The number of rotatable bonds is 3. The fraction of sp³-hybridized carbons (Fsp3) is 0.636. The molecule has 0 saturated carbocycles. The third-order valence-corrected chi connectivity index (χ3v) is 4.10. The first-order valence-electron chi connectivity index (χ1n) is 5.33. The molecule has 2 unspecified atom stereocenters. The van der Waals surface area contributed by atoms with Crippen LogP contribution in [0.2, 0.25) is 0 Å². The Balaban J connectivity index is 1.54. The molecule has 2 fully saturated rings. The van der Waals surface area contributed by atoms with E-state index >= 15 is 0 Å². The Morgan fingerprint density at radius 3 is 3.14 bits per heavy atom. The highest BCUT2D eigenvalue weighted by Crippen LogP contribution is 2.34. The molecule has 1 aromatic rings. The molecule has 2 saturated heterocycles. The van der Waals surface area contributed by atoms with Crippen LogP contribution in [0.15, 0.2) is 17.5 Å². The summed E-state index contributed by atoms with van der Waals surface area (Å²) in [6, 6.07) is 4.90.